The van der Waals surface area contributed by atoms with E-state index in [1.165, 1.54) is 49.7 Å². The van der Waals surface area contributed by atoms with Crippen molar-refractivity contribution < 1.29 is 0 Å². The molecule has 0 amide bonds. The molecule has 20 heavy (non-hydrogen) atoms. The molecule has 0 aromatic heterocycles. The van der Waals surface area contributed by atoms with Crippen molar-refractivity contribution in [2.75, 3.05) is 0 Å². The molecule has 0 heterocycles. The SMILES string of the molecule is C=C(C)C1CC=C(C)CC1.C=C(C)[C@H]1CC=C(C)CC1. The normalized spacial score (nSPS) is 25.8. The van der Waals surface area contributed by atoms with Crippen molar-refractivity contribution in [1.82, 2.24) is 0 Å². The molecule has 0 fully saturated rings. The van der Waals surface area contributed by atoms with Crippen molar-refractivity contribution in [2.45, 2.75) is 66.2 Å². The Bertz CT molecular complexity index is 366. The number of hydrogen-bond donors (Lipinski definition) is 0. The zero-order valence-electron chi connectivity index (χ0n) is 14.0. The van der Waals surface area contributed by atoms with E-state index in [4.69, 9.17) is 0 Å². The number of hydrogen-bond acceptors (Lipinski definition) is 0. The molecule has 0 spiro atoms. The summed E-state index contributed by atoms with van der Waals surface area (Å²) in [7, 11) is 0. The van der Waals surface area contributed by atoms with Crippen molar-refractivity contribution in [2.24, 2.45) is 11.8 Å². The van der Waals surface area contributed by atoms with Gasteiger partial charge in [-0.15, -0.1) is 0 Å². The molecule has 0 saturated heterocycles. The van der Waals surface area contributed by atoms with Crippen LogP contribution in [0.1, 0.15) is 66.2 Å². The van der Waals surface area contributed by atoms with Gasteiger partial charge in [0.25, 0.3) is 0 Å². The smallest absolute Gasteiger partial charge is 0.0171 e. The Balaban J connectivity index is 0.000000200. The predicted molar refractivity (Wildman–Crippen MR) is 91.8 cm³/mol. The van der Waals surface area contributed by atoms with E-state index in [2.05, 4.69) is 53.0 Å². The maximum atomic E-state index is 3.97. The van der Waals surface area contributed by atoms with Crippen molar-refractivity contribution in [3.63, 3.8) is 0 Å². The van der Waals surface area contributed by atoms with Crippen LogP contribution in [-0.2, 0) is 0 Å². The molecule has 2 aliphatic rings. The van der Waals surface area contributed by atoms with E-state index in [1.54, 1.807) is 11.1 Å². The van der Waals surface area contributed by atoms with E-state index in [0.29, 0.717) is 0 Å². The summed E-state index contributed by atoms with van der Waals surface area (Å²) in [6.45, 7) is 16.7. The summed E-state index contributed by atoms with van der Waals surface area (Å²) in [6, 6.07) is 0. The summed E-state index contributed by atoms with van der Waals surface area (Å²) < 4.78 is 0. The highest BCUT2D eigenvalue weighted by Crippen LogP contribution is 2.28. The van der Waals surface area contributed by atoms with E-state index in [0.717, 1.165) is 11.8 Å². The van der Waals surface area contributed by atoms with Gasteiger partial charge in [-0.3, -0.25) is 0 Å². The number of rotatable bonds is 2. The average molecular weight is 272 g/mol. The Kier molecular flexibility index (Phi) is 7.05. The van der Waals surface area contributed by atoms with Crippen molar-refractivity contribution in [3.05, 3.63) is 47.6 Å². The fourth-order valence-corrected chi connectivity index (χ4v) is 2.83. The predicted octanol–water partition coefficient (Wildman–Crippen LogP) is 6.62. The summed E-state index contributed by atoms with van der Waals surface area (Å²) in [5, 5.41) is 0. The molecule has 0 nitrogen and oxygen atoms in total. The second-order valence-electron chi connectivity index (χ2n) is 6.74. The van der Waals surface area contributed by atoms with Crippen LogP contribution in [0.2, 0.25) is 0 Å². The van der Waals surface area contributed by atoms with Gasteiger partial charge in [0.1, 0.15) is 0 Å². The Morgan fingerprint density at radius 1 is 0.850 bits per heavy atom. The monoisotopic (exact) mass is 272 g/mol. The minimum atomic E-state index is 0.767. The van der Waals surface area contributed by atoms with Gasteiger partial charge in [-0.05, 0) is 78.1 Å². The Hall–Kier alpha value is -1.04. The average Bonchev–Trinajstić information content (AvgIpc) is 2.40. The molecular weight excluding hydrogens is 240 g/mol. The van der Waals surface area contributed by atoms with Crippen LogP contribution < -0.4 is 0 Å². The largest absolute Gasteiger partial charge is 0.0998 e. The summed E-state index contributed by atoms with van der Waals surface area (Å²) in [5.74, 6) is 1.53. The van der Waals surface area contributed by atoms with Crippen molar-refractivity contribution in [3.8, 4) is 0 Å². The molecule has 2 rings (SSSR count). The van der Waals surface area contributed by atoms with Crippen LogP contribution in [0, 0.1) is 11.8 Å². The zero-order valence-corrected chi connectivity index (χ0v) is 14.0. The standard InChI is InChI=1S/2C10H16/c2*1-8(2)10-6-4-9(3)5-7-10/h2*4,10H,1,5-7H2,2-3H3/t10-;/m0./s1. The third-order valence-corrected chi connectivity index (χ3v) is 4.67. The molecule has 0 radical (unpaired) electrons. The van der Waals surface area contributed by atoms with Crippen molar-refractivity contribution >= 4 is 0 Å². The van der Waals surface area contributed by atoms with Crippen LogP contribution in [-0.4, -0.2) is 0 Å². The number of allylic oxidation sites excluding steroid dienone is 6. The molecule has 0 aromatic carbocycles. The van der Waals surface area contributed by atoms with E-state index in [1.807, 2.05) is 0 Å². The van der Waals surface area contributed by atoms with E-state index < -0.39 is 0 Å². The fourth-order valence-electron chi connectivity index (χ4n) is 2.83. The molecule has 0 aromatic rings. The van der Waals surface area contributed by atoms with Crippen molar-refractivity contribution in [1.29, 1.82) is 0 Å². The van der Waals surface area contributed by atoms with Crippen LogP contribution in [0.25, 0.3) is 0 Å². The highest BCUT2D eigenvalue weighted by Gasteiger charge is 2.12. The molecule has 0 heteroatoms. The van der Waals surface area contributed by atoms with Gasteiger partial charge in [-0.25, -0.2) is 0 Å². The third kappa shape index (κ3) is 5.94. The maximum absolute atomic E-state index is 3.97. The fraction of sp³-hybridized carbons (Fsp3) is 0.600. The first-order chi connectivity index (χ1) is 9.40. The first kappa shape index (κ1) is 17.0. The second-order valence-corrected chi connectivity index (χ2v) is 6.74. The molecule has 0 N–H and O–H groups in total. The lowest BCUT2D eigenvalue weighted by Crippen LogP contribution is -2.04. The molecular formula is C20H32. The second kappa shape index (κ2) is 8.29. The molecule has 0 aliphatic heterocycles. The highest BCUT2D eigenvalue weighted by molar-refractivity contribution is 5.10. The van der Waals surface area contributed by atoms with Gasteiger partial charge in [0.15, 0.2) is 0 Å². The minimum Gasteiger partial charge on any atom is -0.0998 e. The lowest BCUT2D eigenvalue weighted by atomic mass is 9.86. The van der Waals surface area contributed by atoms with Gasteiger partial charge in [-0.2, -0.15) is 0 Å². The van der Waals surface area contributed by atoms with Crippen LogP contribution in [0.5, 0.6) is 0 Å². The topological polar surface area (TPSA) is 0 Å². The first-order valence-corrected chi connectivity index (χ1v) is 8.02. The van der Waals surface area contributed by atoms with E-state index >= 15 is 0 Å². The summed E-state index contributed by atoms with van der Waals surface area (Å²) in [6.07, 6.45) is 12.3. The third-order valence-electron chi connectivity index (χ3n) is 4.67. The van der Waals surface area contributed by atoms with Gasteiger partial charge in [0.05, 0.1) is 0 Å². The Labute approximate surface area is 126 Å². The summed E-state index contributed by atoms with van der Waals surface area (Å²) >= 11 is 0. The van der Waals surface area contributed by atoms with Crippen LogP contribution >= 0.6 is 0 Å². The van der Waals surface area contributed by atoms with Gasteiger partial charge in [0, 0.05) is 0 Å². The molecule has 2 aliphatic carbocycles. The molecule has 1 unspecified atom stereocenters. The quantitative estimate of drug-likeness (QED) is 0.496. The molecule has 2 atom stereocenters. The van der Waals surface area contributed by atoms with E-state index in [9.17, 15) is 0 Å². The summed E-state index contributed by atoms with van der Waals surface area (Å²) in [5.41, 5.74) is 5.81. The van der Waals surface area contributed by atoms with E-state index in [-0.39, 0.29) is 0 Å². The molecule has 112 valence electrons. The maximum Gasteiger partial charge on any atom is -0.0171 e. The van der Waals surface area contributed by atoms with Crippen LogP contribution in [0.3, 0.4) is 0 Å². The molecule has 0 saturated carbocycles. The summed E-state index contributed by atoms with van der Waals surface area (Å²) in [4.78, 5) is 0. The Morgan fingerprint density at radius 2 is 1.20 bits per heavy atom. The highest BCUT2D eigenvalue weighted by atomic mass is 14.2. The lowest BCUT2D eigenvalue weighted by Gasteiger charge is -2.19. The van der Waals surface area contributed by atoms with Crippen LogP contribution in [0.15, 0.2) is 47.6 Å². The minimum absolute atomic E-state index is 0.767. The lowest BCUT2D eigenvalue weighted by molar-refractivity contribution is 0.540. The van der Waals surface area contributed by atoms with Crippen LogP contribution in [0.4, 0.5) is 0 Å². The molecule has 0 bridgehead atoms. The van der Waals surface area contributed by atoms with Gasteiger partial charge in [0.2, 0.25) is 0 Å². The Morgan fingerprint density at radius 3 is 1.40 bits per heavy atom. The van der Waals surface area contributed by atoms with Gasteiger partial charge < -0.3 is 0 Å². The van der Waals surface area contributed by atoms with Gasteiger partial charge in [-0.1, -0.05) is 47.6 Å². The van der Waals surface area contributed by atoms with Gasteiger partial charge >= 0.3 is 0 Å². The zero-order chi connectivity index (χ0) is 15.1. The first-order valence-electron chi connectivity index (χ1n) is 8.02.